The standard InChI is InChI=1S/C18H19N3/c1-13(2)20-14(11-19)12-21-17-9-5-3-7-15(17)16-8-4-6-10-18(16)21/h3-10,13-14,20H,12H2,1-2H3. The summed E-state index contributed by atoms with van der Waals surface area (Å²) in [4.78, 5) is 0. The predicted molar refractivity (Wildman–Crippen MR) is 87.1 cm³/mol. The minimum Gasteiger partial charge on any atom is -0.338 e. The highest BCUT2D eigenvalue weighted by molar-refractivity contribution is 6.07. The third-order valence-corrected chi connectivity index (χ3v) is 3.74. The lowest BCUT2D eigenvalue weighted by molar-refractivity contribution is 0.487. The van der Waals surface area contributed by atoms with Crippen LogP contribution in [-0.2, 0) is 6.54 Å². The predicted octanol–water partition coefficient (Wildman–Crippen LogP) is 3.68. The van der Waals surface area contributed by atoms with Crippen LogP contribution in [0.3, 0.4) is 0 Å². The molecule has 0 aliphatic carbocycles. The van der Waals surface area contributed by atoms with Crippen LogP contribution in [0.5, 0.6) is 0 Å². The van der Waals surface area contributed by atoms with E-state index in [1.807, 2.05) is 0 Å². The van der Waals surface area contributed by atoms with Crippen LogP contribution in [-0.4, -0.2) is 16.7 Å². The number of nitrogens with zero attached hydrogens (tertiary/aromatic N) is 2. The highest BCUT2D eigenvalue weighted by atomic mass is 15.0. The Balaban J connectivity index is 2.13. The zero-order valence-electron chi connectivity index (χ0n) is 12.4. The summed E-state index contributed by atoms with van der Waals surface area (Å²) in [5, 5.41) is 15.2. The van der Waals surface area contributed by atoms with E-state index in [1.165, 1.54) is 21.8 Å². The lowest BCUT2D eigenvalue weighted by atomic mass is 10.2. The first-order valence-corrected chi connectivity index (χ1v) is 7.32. The Morgan fingerprint density at radius 1 is 1.00 bits per heavy atom. The first-order chi connectivity index (χ1) is 10.2. The topological polar surface area (TPSA) is 40.8 Å². The highest BCUT2D eigenvalue weighted by Gasteiger charge is 2.14. The lowest BCUT2D eigenvalue weighted by Gasteiger charge is -2.16. The Hall–Kier alpha value is -2.31. The van der Waals surface area contributed by atoms with E-state index >= 15 is 0 Å². The smallest absolute Gasteiger partial charge is 0.114 e. The summed E-state index contributed by atoms with van der Waals surface area (Å²) in [6.45, 7) is 4.79. The molecule has 0 aliphatic heterocycles. The van der Waals surface area contributed by atoms with Gasteiger partial charge in [-0.1, -0.05) is 36.4 Å². The molecule has 1 unspecified atom stereocenters. The van der Waals surface area contributed by atoms with Gasteiger partial charge in [0.25, 0.3) is 0 Å². The summed E-state index contributed by atoms with van der Waals surface area (Å²) in [5.74, 6) is 0. The van der Waals surface area contributed by atoms with Gasteiger partial charge < -0.3 is 4.57 Å². The molecule has 0 spiro atoms. The van der Waals surface area contributed by atoms with E-state index < -0.39 is 0 Å². The van der Waals surface area contributed by atoms with Crippen LogP contribution in [0.25, 0.3) is 21.8 Å². The fourth-order valence-electron chi connectivity index (χ4n) is 2.92. The van der Waals surface area contributed by atoms with Gasteiger partial charge in [-0.2, -0.15) is 5.26 Å². The number of aromatic nitrogens is 1. The summed E-state index contributed by atoms with van der Waals surface area (Å²) >= 11 is 0. The number of para-hydroxylation sites is 2. The fourth-order valence-corrected chi connectivity index (χ4v) is 2.92. The normalized spacial score (nSPS) is 12.9. The Bertz CT molecular complexity index is 755. The van der Waals surface area contributed by atoms with Crippen molar-refractivity contribution >= 4 is 21.8 Å². The average molecular weight is 277 g/mol. The molecule has 0 amide bonds. The van der Waals surface area contributed by atoms with Crippen molar-refractivity contribution < 1.29 is 0 Å². The van der Waals surface area contributed by atoms with Gasteiger partial charge in [0.1, 0.15) is 6.04 Å². The second-order valence-corrected chi connectivity index (χ2v) is 5.65. The summed E-state index contributed by atoms with van der Waals surface area (Å²) in [5.41, 5.74) is 2.37. The molecule has 1 aromatic heterocycles. The summed E-state index contributed by atoms with van der Waals surface area (Å²) in [7, 11) is 0. The Kier molecular flexibility index (Phi) is 3.64. The van der Waals surface area contributed by atoms with Crippen molar-refractivity contribution in [2.75, 3.05) is 0 Å². The van der Waals surface area contributed by atoms with Gasteiger partial charge in [0.2, 0.25) is 0 Å². The van der Waals surface area contributed by atoms with Crippen molar-refractivity contribution in [3.8, 4) is 6.07 Å². The van der Waals surface area contributed by atoms with Crippen LogP contribution >= 0.6 is 0 Å². The average Bonchev–Trinajstić information content (AvgIpc) is 2.81. The summed E-state index contributed by atoms with van der Waals surface area (Å²) in [6, 6.07) is 19.2. The van der Waals surface area contributed by atoms with Gasteiger partial charge in [-0.3, -0.25) is 5.32 Å². The van der Waals surface area contributed by atoms with Gasteiger partial charge in [-0.15, -0.1) is 0 Å². The van der Waals surface area contributed by atoms with E-state index in [0.29, 0.717) is 12.6 Å². The molecule has 3 nitrogen and oxygen atoms in total. The van der Waals surface area contributed by atoms with Crippen LogP contribution in [0, 0.1) is 11.3 Å². The van der Waals surface area contributed by atoms with Gasteiger partial charge >= 0.3 is 0 Å². The molecule has 0 saturated heterocycles. The fraction of sp³-hybridized carbons (Fsp3) is 0.278. The molecule has 0 aliphatic rings. The monoisotopic (exact) mass is 277 g/mol. The molecule has 0 radical (unpaired) electrons. The molecule has 1 atom stereocenters. The van der Waals surface area contributed by atoms with Gasteiger partial charge in [0.05, 0.1) is 12.6 Å². The van der Waals surface area contributed by atoms with Gasteiger partial charge in [0, 0.05) is 27.8 Å². The number of hydrogen-bond donors (Lipinski definition) is 1. The number of benzene rings is 2. The first kappa shape index (κ1) is 13.7. The largest absolute Gasteiger partial charge is 0.338 e. The number of hydrogen-bond acceptors (Lipinski definition) is 2. The molecule has 3 aromatic rings. The molecule has 1 heterocycles. The quantitative estimate of drug-likeness (QED) is 0.790. The van der Waals surface area contributed by atoms with Crippen molar-refractivity contribution in [2.45, 2.75) is 32.5 Å². The Morgan fingerprint density at radius 2 is 1.52 bits per heavy atom. The molecule has 2 aromatic carbocycles. The van der Waals surface area contributed by atoms with Crippen molar-refractivity contribution in [3.63, 3.8) is 0 Å². The van der Waals surface area contributed by atoms with Crippen LogP contribution in [0.2, 0.25) is 0 Å². The van der Waals surface area contributed by atoms with E-state index in [-0.39, 0.29) is 6.04 Å². The van der Waals surface area contributed by atoms with Crippen LogP contribution in [0.15, 0.2) is 48.5 Å². The third-order valence-electron chi connectivity index (χ3n) is 3.74. The second-order valence-electron chi connectivity index (χ2n) is 5.65. The highest BCUT2D eigenvalue weighted by Crippen LogP contribution is 2.28. The zero-order valence-corrected chi connectivity index (χ0v) is 12.4. The molecular weight excluding hydrogens is 258 g/mol. The molecule has 21 heavy (non-hydrogen) atoms. The lowest BCUT2D eigenvalue weighted by Crippen LogP contribution is -2.36. The van der Waals surface area contributed by atoms with Crippen molar-refractivity contribution in [1.82, 2.24) is 9.88 Å². The molecule has 0 saturated carbocycles. The summed E-state index contributed by atoms with van der Waals surface area (Å²) < 4.78 is 2.24. The van der Waals surface area contributed by atoms with E-state index in [4.69, 9.17) is 0 Å². The maximum absolute atomic E-state index is 9.39. The van der Waals surface area contributed by atoms with Crippen molar-refractivity contribution in [2.24, 2.45) is 0 Å². The maximum atomic E-state index is 9.39. The minimum atomic E-state index is -0.191. The van der Waals surface area contributed by atoms with E-state index in [0.717, 1.165) is 0 Å². The molecule has 0 fully saturated rings. The Morgan fingerprint density at radius 3 is 2.00 bits per heavy atom. The van der Waals surface area contributed by atoms with Crippen molar-refractivity contribution in [3.05, 3.63) is 48.5 Å². The number of rotatable bonds is 4. The number of fused-ring (bicyclic) bond motifs is 3. The maximum Gasteiger partial charge on any atom is 0.114 e. The summed E-state index contributed by atoms with van der Waals surface area (Å²) in [6.07, 6.45) is 0. The first-order valence-electron chi connectivity index (χ1n) is 7.32. The third kappa shape index (κ3) is 2.51. The Labute approximate surface area is 124 Å². The van der Waals surface area contributed by atoms with Gasteiger partial charge in [-0.05, 0) is 26.0 Å². The van der Waals surface area contributed by atoms with Gasteiger partial charge in [-0.25, -0.2) is 0 Å². The van der Waals surface area contributed by atoms with E-state index in [9.17, 15) is 5.26 Å². The number of nitriles is 1. The zero-order chi connectivity index (χ0) is 14.8. The molecule has 3 rings (SSSR count). The van der Waals surface area contributed by atoms with Crippen LogP contribution < -0.4 is 5.32 Å². The SMILES string of the molecule is CC(C)NC(C#N)Cn1c2ccccc2c2ccccc21. The van der Waals surface area contributed by atoms with Crippen molar-refractivity contribution in [1.29, 1.82) is 5.26 Å². The second kappa shape index (κ2) is 5.59. The molecule has 106 valence electrons. The molecule has 1 N–H and O–H groups in total. The van der Waals surface area contributed by atoms with E-state index in [1.54, 1.807) is 0 Å². The van der Waals surface area contributed by atoms with Crippen LogP contribution in [0.1, 0.15) is 13.8 Å². The van der Waals surface area contributed by atoms with Crippen LogP contribution in [0.4, 0.5) is 0 Å². The molecule has 3 heteroatoms. The minimum absolute atomic E-state index is 0.191. The molecular formula is C18H19N3. The molecule has 0 bridgehead atoms. The van der Waals surface area contributed by atoms with E-state index in [2.05, 4.69) is 78.3 Å². The number of nitrogens with one attached hydrogen (secondary N) is 1. The van der Waals surface area contributed by atoms with Gasteiger partial charge in [0.15, 0.2) is 0 Å².